The molecular weight excluding hydrogens is 244 g/mol. The van der Waals surface area contributed by atoms with Gasteiger partial charge in [-0.05, 0) is 24.3 Å². The first-order valence-electron chi connectivity index (χ1n) is 5.70. The molecule has 0 fully saturated rings. The van der Waals surface area contributed by atoms with Crippen molar-refractivity contribution in [3.05, 3.63) is 59.5 Å². The van der Waals surface area contributed by atoms with Crippen LogP contribution in [0.3, 0.4) is 0 Å². The summed E-state index contributed by atoms with van der Waals surface area (Å²) in [6.45, 7) is -0.399. The van der Waals surface area contributed by atoms with E-state index >= 15 is 0 Å². The average molecular weight is 256 g/mol. The SMILES string of the molecule is O=NCC(=O)Nc1cccc(Oc2ccccc2)c1. The summed E-state index contributed by atoms with van der Waals surface area (Å²) in [5.74, 6) is 0.857. The number of nitrogens with one attached hydrogen (secondary N) is 1. The molecule has 0 aliphatic rings. The molecule has 2 aromatic carbocycles. The largest absolute Gasteiger partial charge is 0.457 e. The Balaban J connectivity index is 2.07. The van der Waals surface area contributed by atoms with Gasteiger partial charge in [-0.1, -0.05) is 29.4 Å². The smallest absolute Gasteiger partial charge is 0.249 e. The van der Waals surface area contributed by atoms with Gasteiger partial charge in [0, 0.05) is 11.8 Å². The molecule has 0 bridgehead atoms. The molecule has 5 heteroatoms. The van der Waals surface area contributed by atoms with Gasteiger partial charge in [-0.15, -0.1) is 0 Å². The van der Waals surface area contributed by atoms with Crippen LogP contribution in [0.2, 0.25) is 0 Å². The lowest BCUT2D eigenvalue weighted by Crippen LogP contribution is -2.14. The van der Waals surface area contributed by atoms with E-state index in [4.69, 9.17) is 4.74 Å². The molecule has 0 atom stereocenters. The first kappa shape index (κ1) is 12.8. The summed E-state index contributed by atoms with van der Waals surface area (Å²) in [5, 5.41) is 5.08. The molecule has 0 aromatic heterocycles. The van der Waals surface area contributed by atoms with Crippen LogP contribution in [0.5, 0.6) is 11.5 Å². The second-order valence-corrected chi connectivity index (χ2v) is 3.78. The Morgan fingerprint density at radius 2 is 1.79 bits per heavy atom. The molecular formula is C14H12N2O3. The van der Waals surface area contributed by atoms with Gasteiger partial charge in [-0.25, -0.2) is 0 Å². The molecule has 0 aliphatic carbocycles. The number of carbonyl (C=O) groups excluding carboxylic acids is 1. The van der Waals surface area contributed by atoms with E-state index in [2.05, 4.69) is 10.5 Å². The number of rotatable bonds is 5. The van der Waals surface area contributed by atoms with Crippen LogP contribution in [0.1, 0.15) is 0 Å². The zero-order chi connectivity index (χ0) is 13.5. The number of carbonyl (C=O) groups is 1. The number of para-hydroxylation sites is 1. The highest BCUT2D eigenvalue weighted by atomic mass is 16.5. The van der Waals surface area contributed by atoms with Crippen LogP contribution in [0.15, 0.2) is 59.8 Å². The van der Waals surface area contributed by atoms with Gasteiger partial charge >= 0.3 is 0 Å². The lowest BCUT2D eigenvalue weighted by atomic mass is 10.3. The zero-order valence-corrected chi connectivity index (χ0v) is 10.1. The summed E-state index contributed by atoms with van der Waals surface area (Å²) in [4.78, 5) is 21.2. The van der Waals surface area contributed by atoms with Gasteiger partial charge in [-0.3, -0.25) is 4.79 Å². The van der Waals surface area contributed by atoms with Crippen molar-refractivity contribution in [2.45, 2.75) is 0 Å². The van der Waals surface area contributed by atoms with E-state index in [0.29, 0.717) is 17.2 Å². The number of ether oxygens (including phenoxy) is 1. The van der Waals surface area contributed by atoms with Gasteiger partial charge in [0.05, 0.1) is 0 Å². The highest BCUT2D eigenvalue weighted by molar-refractivity contribution is 5.92. The summed E-state index contributed by atoms with van der Waals surface area (Å²) in [5.41, 5.74) is 0.557. The second-order valence-electron chi connectivity index (χ2n) is 3.78. The molecule has 1 amide bonds. The number of nitroso groups, excluding NO2 is 1. The first-order chi connectivity index (χ1) is 9.28. The van der Waals surface area contributed by atoms with Crippen molar-refractivity contribution in [2.75, 3.05) is 11.9 Å². The van der Waals surface area contributed by atoms with Crippen molar-refractivity contribution in [3.8, 4) is 11.5 Å². The number of hydrogen-bond acceptors (Lipinski definition) is 4. The molecule has 0 saturated carbocycles. The Morgan fingerprint density at radius 3 is 2.53 bits per heavy atom. The molecule has 1 N–H and O–H groups in total. The topological polar surface area (TPSA) is 67.8 Å². The van der Waals surface area contributed by atoms with Crippen molar-refractivity contribution in [2.24, 2.45) is 5.18 Å². The maximum atomic E-state index is 11.2. The molecule has 0 aliphatic heterocycles. The third kappa shape index (κ3) is 3.92. The lowest BCUT2D eigenvalue weighted by Gasteiger charge is -2.08. The number of nitrogens with zero attached hydrogens (tertiary/aromatic N) is 1. The summed E-state index contributed by atoms with van der Waals surface area (Å²) >= 11 is 0. The van der Waals surface area contributed by atoms with Crippen LogP contribution in [0.4, 0.5) is 5.69 Å². The highest BCUT2D eigenvalue weighted by Crippen LogP contribution is 2.23. The Labute approximate surface area is 110 Å². The quantitative estimate of drug-likeness (QED) is 0.835. The molecule has 0 unspecified atom stereocenters. The van der Waals surface area contributed by atoms with E-state index in [0.717, 1.165) is 0 Å². The minimum Gasteiger partial charge on any atom is -0.457 e. The summed E-state index contributed by atoms with van der Waals surface area (Å²) in [7, 11) is 0. The molecule has 19 heavy (non-hydrogen) atoms. The van der Waals surface area contributed by atoms with Gasteiger partial charge in [0.2, 0.25) is 5.91 Å². The average Bonchev–Trinajstić information content (AvgIpc) is 2.40. The Hall–Kier alpha value is -2.69. The fraction of sp³-hybridized carbons (Fsp3) is 0.0714. The van der Waals surface area contributed by atoms with Crippen LogP contribution in [0.25, 0.3) is 0 Å². The molecule has 0 heterocycles. The number of anilines is 1. The third-order valence-corrected chi connectivity index (χ3v) is 2.30. The van der Waals surface area contributed by atoms with E-state index in [1.165, 1.54) is 0 Å². The summed E-state index contributed by atoms with van der Waals surface area (Å²) in [6, 6.07) is 16.2. The molecule has 96 valence electrons. The molecule has 5 nitrogen and oxygen atoms in total. The van der Waals surface area contributed by atoms with E-state index < -0.39 is 12.5 Å². The molecule has 2 rings (SSSR count). The number of hydrogen-bond donors (Lipinski definition) is 1. The van der Waals surface area contributed by atoms with Gasteiger partial charge in [-0.2, -0.15) is 4.91 Å². The van der Waals surface area contributed by atoms with Crippen LogP contribution in [-0.4, -0.2) is 12.5 Å². The van der Waals surface area contributed by atoms with Crippen LogP contribution in [-0.2, 0) is 4.79 Å². The fourth-order valence-electron chi connectivity index (χ4n) is 1.52. The maximum Gasteiger partial charge on any atom is 0.249 e. The first-order valence-corrected chi connectivity index (χ1v) is 5.70. The highest BCUT2D eigenvalue weighted by Gasteiger charge is 2.03. The maximum absolute atomic E-state index is 11.2. The van der Waals surface area contributed by atoms with Crippen molar-refractivity contribution in [1.82, 2.24) is 0 Å². The summed E-state index contributed by atoms with van der Waals surface area (Å²) < 4.78 is 5.62. The Bertz CT molecular complexity index is 570. The minimum absolute atomic E-state index is 0.399. The van der Waals surface area contributed by atoms with Crippen LogP contribution >= 0.6 is 0 Å². The van der Waals surface area contributed by atoms with Gasteiger partial charge < -0.3 is 10.1 Å². The Morgan fingerprint density at radius 1 is 1.05 bits per heavy atom. The van der Waals surface area contributed by atoms with Crippen molar-refractivity contribution < 1.29 is 9.53 Å². The van der Waals surface area contributed by atoms with E-state index in [-0.39, 0.29) is 0 Å². The fourth-order valence-corrected chi connectivity index (χ4v) is 1.52. The number of amides is 1. The second kappa shape index (κ2) is 6.30. The van der Waals surface area contributed by atoms with Crippen LogP contribution < -0.4 is 10.1 Å². The normalized spacial score (nSPS) is 9.68. The monoisotopic (exact) mass is 256 g/mol. The molecule has 2 aromatic rings. The molecule has 0 spiro atoms. The standard InChI is InChI=1S/C14H12N2O3/c17-14(10-15-18)16-11-5-4-8-13(9-11)19-12-6-2-1-3-7-12/h1-9H,10H2,(H,16,17). The lowest BCUT2D eigenvalue weighted by molar-refractivity contribution is -0.114. The minimum atomic E-state index is -0.452. The van der Waals surface area contributed by atoms with Gasteiger partial charge in [0.15, 0.2) is 6.54 Å². The van der Waals surface area contributed by atoms with E-state index in [1.54, 1.807) is 24.3 Å². The zero-order valence-electron chi connectivity index (χ0n) is 10.1. The van der Waals surface area contributed by atoms with Gasteiger partial charge in [0.25, 0.3) is 0 Å². The van der Waals surface area contributed by atoms with Crippen molar-refractivity contribution in [1.29, 1.82) is 0 Å². The van der Waals surface area contributed by atoms with E-state index in [9.17, 15) is 9.70 Å². The van der Waals surface area contributed by atoms with Crippen LogP contribution in [0, 0.1) is 4.91 Å². The third-order valence-electron chi connectivity index (χ3n) is 2.30. The predicted octanol–water partition coefficient (Wildman–Crippen LogP) is 3.18. The molecule has 0 saturated heterocycles. The number of benzene rings is 2. The molecule has 0 radical (unpaired) electrons. The van der Waals surface area contributed by atoms with Gasteiger partial charge in [0.1, 0.15) is 11.5 Å². The van der Waals surface area contributed by atoms with E-state index in [1.807, 2.05) is 30.3 Å². The summed E-state index contributed by atoms with van der Waals surface area (Å²) in [6.07, 6.45) is 0. The Kier molecular flexibility index (Phi) is 4.23. The predicted molar refractivity (Wildman–Crippen MR) is 72.2 cm³/mol. The van der Waals surface area contributed by atoms with Crippen molar-refractivity contribution in [3.63, 3.8) is 0 Å². The van der Waals surface area contributed by atoms with Crippen molar-refractivity contribution >= 4 is 11.6 Å².